The third-order valence-corrected chi connectivity index (χ3v) is 4.42. The molecule has 0 atom stereocenters. The van der Waals surface area contributed by atoms with Gasteiger partial charge in [0.1, 0.15) is 16.8 Å². The van der Waals surface area contributed by atoms with Crippen molar-refractivity contribution in [1.29, 1.82) is 0 Å². The van der Waals surface area contributed by atoms with Crippen LogP contribution in [0.5, 0.6) is 5.75 Å². The van der Waals surface area contributed by atoms with Crippen molar-refractivity contribution in [2.75, 3.05) is 25.3 Å². The number of amides is 1. The lowest BCUT2D eigenvalue weighted by molar-refractivity contribution is 0.186. The van der Waals surface area contributed by atoms with Crippen LogP contribution in [0.3, 0.4) is 0 Å². The Balaban J connectivity index is 2.04. The molecule has 0 saturated heterocycles. The molecule has 3 N–H and O–H groups in total. The third kappa shape index (κ3) is 3.49. The zero-order chi connectivity index (χ0) is 18.8. The summed E-state index contributed by atoms with van der Waals surface area (Å²) in [6.45, 7) is 2.26. The van der Waals surface area contributed by atoms with Gasteiger partial charge in [-0.25, -0.2) is 9.78 Å². The molecule has 0 bridgehead atoms. The van der Waals surface area contributed by atoms with Gasteiger partial charge in [-0.15, -0.1) is 0 Å². The SMILES string of the molecule is COC(=O)Nc1nc(N)c2c(n1)c(C)nn2Cc1ccc(I)cc1OC. The van der Waals surface area contributed by atoms with E-state index in [1.165, 1.54) is 7.11 Å². The van der Waals surface area contributed by atoms with E-state index in [4.69, 9.17) is 10.5 Å². The average Bonchev–Trinajstić information content (AvgIpc) is 2.92. The second kappa shape index (κ2) is 7.32. The van der Waals surface area contributed by atoms with Gasteiger partial charge >= 0.3 is 6.09 Å². The van der Waals surface area contributed by atoms with Crippen LogP contribution in [-0.2, 0) is 11.3 Å². The summed E-state index contributed by atoms with van der Waals surface area (Å²) in [6, 6.07) is 5.93. The minimum absolute atomic E-state index is 0.0661. The van der Waals surface area contributed by atoms with E-state index in [0.29, 0.717) is 23.3 Å². The number of aryl methyl sites for hydroxylation is 1. The van der Waals surface area contributed by atoms with Gasteiger partial charge in [0, 0.05) is 9.13 Å². The van der Waals surface area contributed by atoms with Crippen LogP contribution in [0.15, 0.2) is 18.2 Å². The van der Waals surface area contributed by atoms with Crippen molar-refractivity contribution in [3.05, 3.63) is 33.0 Å². The van der Waals surface area contributed by atoms with Crippen molar-refractivity contribution in [2.24, 2.45) is 0 Å². The number of nitrogens with two attached hydrogens (primary N) is 1. The van der Waals surface area contributed by atoms with Crippen LogP contribution in [-0.4, -0.2) is 40.1 Å². The monoisotopic (exact) mass is 468 g/mol. The van der Waals surface area contributed by atoms with E-state index in [1.807, 2.05) is 25.1 Å². The van der Waals surface area contributed by atoms with Gasteiger partial charge < -0.3 is 15.2 Å². The predicted octanol–water partition coefficient (Wildman–Crippen LogP) is 2.56. The van der Waals surface area contributed by atoms with Gasteiger partial charge in [0.25, 0.3) is 0 Å². The minimum Gasteiger partial charge on any atom is -0.496 e. The Morgan fingerprint density at radius 3 is 2.81 bits per heavy atom. The first kappa shape index (κ1) is 18.2. The maximum absolute atomic E-state index is 11.4. The molecule has 3 aromatic rings. The number of carbonyl (C=O) groups excluding carboxylic acids is 1. The van der Waals surface area contributed by atoms with Gasteiger partial charge in [0.2, 0.25) is 5.95 Å². The number of nitrogens with one attached hydrogen (secondary N) is 1. The number of nitrogen functional groups attached to an aromatic ring is 1. The van der Waals surface area contributed by atoms with Gasteiger partial charge in [-0.05, 0) is 41.6 Å². The van der Waals surface area contributed by atoms with Crippen molar-refractivity contribution in [1.82, 2.24) is 19.7 Å². The number of methoxy groups -OCH3 is 2. The number of hydrogen-bond acceptors (Lipinski definition) is 7. The highest BCUT2D eigenvalue weighted by Crippen LogP contribution is 2.27. The molecule has 0 aliphatic carbocycles. The van der Waals surface area contributed by atoms with Gasteiger partial charge in [0.05, 0.1) is 26.5 Å². The van der Waals surface area contributed by atoms with Gasteiger partial charge in [-0.1, -0.05) is 6.07 Å². The molecule has 0 unspecified atom stereocenters. The number of benzene rings is 1. The van der Waals surface area contributed by atoms with Gasteiger partial charge in [0.15, 0.2) is 5.82 Å². The Hall–Kier alpha value is -2.63. The molecule has 9 nitrogen and oxygen atoms in total. The Morgan fingerprint density at radius 1 is 1.35 bits per heavy atom. The van der Waals surface area contributed by atoms with E-state index in [0.717, 1.165) is 14.9 Å². The summed E-state index contributed by atoms with van der Waals surface area (Å²) in [6.07, 6.45) is -0.669. The summed E-state index contributed by atoms with van der Waals surface area (Å²) < 4.78 is 12.8. The summed E-state index contributed by atoms with van der Waals surface area (Å²) in [4.78, 5) is 19.8. The van der Waals surface area contributed by atoms with Crippen LogP contribution < -0.4 is 15.8 Å². The zero-order valence-electron chi connectivity index (χ0n) is 14.4. The van der Waals surface area contributed by atoms with Crippen molar-refractivity contribution in [3.8, 4) is 5.75 Å². The number of fused-ring (bicyclic) bond motifs is 1. The lowest BCUT2D eigenvalue weighted by atomic mass is 10.2. The summed E-state index contributed by atoms with van der Waals surface area (Å²) in [7, 11) is 2.89. The lowest BCUT2D eigenvalue weighted by Crippen LogP contribution is -2.14. The largest absolute Gasteiger partial charge is 0.496 e. The van der Waals surface area contributed by atoms with Crippen molar-refractivity contribution < 1.29 is 14.3 Å². The Labute approximate surface area is 163 Å². The molecule has 1 amide bonds. The molecule has 3 rings (SSSR count). The number of hydrogen-bond donors (Lipinski definition) is 2. The molecule has 0 saturated carbocycles. The summed E-state index contributed by atoms with van der Waals surface area (Å²) in [5.41, 5.74) is 8.88. The minimum atomic E-state index is -0.669. The smallest absolute Gasteiger partial charge is 0.413 e. The molecular weight excluding hydrogens is 451 g/mol. The van der Waals surface area contributed by atoms with E-state index >= 15 is 0 Å². The van der Waals surface area contributed by atoms with Gasteiger partial charge in [-0.3, -0.25) is 10.00 Å². The molecule has 0 fully saturated rings. The van der Waals surface area contributed by atoms with Crippen LogP contribution in [0.4, 0.5) is 16.6 Å². The first-order valence-electron chi connectivity index (χ1n) is 7.61. The molecule has 0 radical (unpaired) electrons. The summed E-state index contributed by atoms with van der Waals surface area (Å²) in [5.74, 6) is 1.05. The maximum atomic E-state index is 11.4. The van der Waals surface area contributed by atoms with E-state index in [9.17, 15) is 4.79 Å². The fraction of sp³-hybridized carbons (Fsp3) is 0.250. The number of rotatable bonds is 4. The molecule has 0 aliphatic rings. The standard InChI is InChI=1S/C16H17IN6O3/c1-8-12-13(14(18)20-15(19-12)21-16(24)26-3)23(22-8)7-9-4-5-10(17)6-11(9)25-2/h4-6H,7H2,1-3H3,(H3,18,19,20,21,24). The van der Waals surface area contributed by atoms with Crippen LogP contribution in [0.1, 0.15) is 11.3 Å². The molecule has 2 heterocycles. The molecular formula is C16H17IN6O3. The first-order chi connectivity index (χ1) is 12.4. The van der Waals surface area contributed by atoms with Crippen molar-refractivity contribution >= 4 is 51.5 Å². The lowest BCUT2D eigenvalue weighted by Gasteiger charge is -2.10. The van der Waals surface area contributed by atoms with Crippen molar-refractivity contribution in [3.63, 3.8) is 0 Å². The van der Waals surface area contributed by atoms with Crippen LogP contribution >= 0.6 is 22.6 Å². The maximum Gasteiger partial charge on any atom is 0.413 e. The number of halogens is 1. The number of nitrogens with zero attached hydrogens (tertiary/aromatic N) is 4. The first-order valence-corrected chi connectivity index (χ1v) is 8.68. The fourth-order valence-electron chi connectivity index (χ4n) is 2.58. The highest BCUT2D eigenvalue weighted by molar-refractivity contribution is 14.1. The van der Waals surface area contributed by atoms with Crippen molar-refractivity contribution in [2.45, 2.75) is 13.5 Å². The van der Waals surface area contributed by atoms with E-state index in [1.54, 1.807) is 11.8 Å². The quantitative estimate of drug-likeness (QED) is 0.566. The number of carbonyl (C=O) groups is 1. The van der Waals surface area contributed by atoms with Crippen LogP contribution in [0, 0.1) is 10.5 Å². The second-order valence-electron chi connectivity index (χ2n) is 5.45. The number of aromatic nitrogens is 4. The molecule has 1 aromatic carbocycles. The zero-order valence-corrected chi connectivity index (χ0v) is 16.6. The molecule has 2 aromatic heterocycles. The molecule has 136 valence electrons. The van der Waals surface area contributed by atoms with E-state index in [2.05, 4.69) is 47.7 Å². The third-order valence-electron chi connectivity index (χ3n) is 3.75. The fourth-order valence-corrected chi connectivity index (χ4v) is 3.04. The van der Waals surface area contributed by atoms with Crippen LogP contribution in [0.2, 0.25) is 0 Å². The summed E-state index contributed by atoms with van der Waals surface area (Å²) in [5, 5.41) is 6.93. The average molecular weight is 468 g/mol. The summed E-state index contributed by atoms with van der Waals surface area (Å²) >= 11 is 2.23. The van der Waals surface area contributed by atoms with Gasteiger partial charge in [-0.2, -0.15) is 10.1 Å². The highest BCUT2D eigenvalue weighted by Gasteiger charge is 2.17. The van der Waals surface area contributed by atoms with Crippen LogP contribution in [0.25, 0.3) is 11.0 Å². The number of anilines is 2. The molecule has 26 heavy (non-hydrogen) atoms. The Kier molecular flexibility index (Phi) is 5.11. The Bertz CT molecular complexity index is 988. The highest BCUT2D eigenvalue weighted by atomic mass is 127. The number of ether oxygens (including phenoxy) is 2. The molecule has 0 aliphatic heterocycles. The normalized spacial score (nSPS) is 10.8. The van der Waals surface area contributed by atoms with E-state index < -0.39 is 6.09 Å². The molecule has 10 heteroatoms. The topological polar surface area (TPSA) is 117 Å². The Morgan fingerprint density at radius 2 is 2.12 bits per heavy atom. The predicted molar refractivity (Wildman–Crippen MR) is 105 cm³/mol. The second-order valence-corrected chi connectivity index (χ2v) is 6.69. The molecule has 0 spiro atoms. The van der Waals surface area contributed by atoms with E-state index in [-0.39, 0.29) is 11.8 Å².